The average Bonchev–Trinajstić information content (AvgIpc) is 3.06. The van der Waals surface area contributed by atoms with E-state index in [1.165, 1.54) is 93.6 Å². The van der Waals surface area contributed by atoms with Crippen LogP contribution in [0.2, 0.25) is 0 Å². The number of carboxylic acid groups (broad SMARTS) is 1. The van der Waals surface area contributed by atoms with Crippen molar-refractivity contribution in [3.8, 4) is 17.2 Å². The lowest BCUT2D eigenvalue weighted by Gasteiger charge is -2.19. The minimum atomic E-state index is -1.29. The van der Waals surface area contributed by atoms with E-state index in [1.807, 2.05) is 6.07 Å². The fraction of sp³-hybridized carbons (Fsp3) is 0.343. The first-order chi connectivity index (χ1) is 22.4. The van der Waals surface area contributed by atoms with Crippen LogP contribution in [0.1, 0.15) is 68.6 Å². The molecule has 0 saturated heterocycles. The molecule has 46 heavy (non-hydrogen) atoms. The number of hydrogen-bond donors (Lipinski definition) is 3. The number of unbranched alkanes of at least 4 members (excludes halogenated alkanes) is 7. The van der Waals surface area contributed by atoms with Gasteiger partial charge in [0.15, 0.2) is 11.6 Å². The lowest BCUT2D eigenvalue weighted by Crippen LogP contribution is -2.24. The molecule has 0 aliphatic carbocycles. The topological polar surface area (TPSA) is 105 Å². The molecule has 1 aliphatic heterocycles. The molecular weight excluding hydrogens is 610 g/mol. The van der Waals surface area contributed by atoms with Gasteiger partial charge in [0.1, 0.15) is 22.9 Å². The number of benzene rings is 2. The van der Waals surface area contributed by atoms with Crippen molar-refractivity contribution in [2.24, 2.45) is 0 Å². The number of nitrogens with one attached hydrogen (secondary N) is 2. The maximum atomic E-state index is 14.5. The fourth-order valence-corrected chi connectivity index (χ4v) is 5.79. The molecule has 8 nitrogen and oxygen atoms in total. The van der Waals surface area contributed by atoms with Crippen LogP contribution in [0.5, 0.6) is 11.5 Å². The first-order valence-electron chi connectivity index (χ1n) is 15.6. The van der Waals surface area contributed by atoms with E-state index in [1.54, 1.807) is 30.1 Å². The van der Waals surface area contributed by atoms with Gasteiger partial charge >= 0.3 is 5.97 Å². The summed E-state index contributed by atoms with van der Waals surface area (Å²) in [6.45, 7) is 3.99. The van der Waals surface area contributed by atoms with Crippen LogP contribution in [0.4, 0.5) is 20.3 Å². The number of carbonyl (C=O) groups is 1. The highest BCUT2D eigenvalue weighted by atomic mass is 32.2. The standard InChI is InChI=1S/C23H32FN3OS.C12H8FNO3/c1-2-3-4-5-6-7-8-9-13-25-18-10-11-20(19(24)17-18)28-21-12-14-26-23-22(21)29-16-15-27-23;13-8-3-5-9(6-4-8)14-7-1-2-10(11(14)15)12(16)17/h10-12,14,17,25H,2-9,13,15-16H2,1H3,(H,26,27);1-7H,(H,16,17). The van der Waals surface area contributed by atoms with Gasteiger partial charge in [0.05, 0.1) is 4.90 Å². The molecule has 0 fully saturated rings. The molecule has 244 valence electrons. The van der Waals surface area contributed by atoms with Crippen molar-refractivity contribution < 1.29 is 23.4 Å². The first-order valence-corrected chi connectivity index (χ1v) is 16.6. The van der Waals surface area contributed by atoms with Crippen molar-refractivity contribution in [2.75, 3.05) is 29.5 Å². The third-order valence-corrected chi connectivity index (χ3v) is 8.39. The number of thioether (sulfide) groups is 1. The normalized spacial score (nSPS) is 11.9. The van der Waals surface area contributed by atoms with Crippen LogP contribution < -0.4 is 20.9 Å². The van der Waals surface area contributed by atoms with E-state index in [-0.39, 0.29) is 17.1 Å². The maximum Gasteiger partial charge on any atom is 0.341 e. The summed E-state index contributed by atoms with van der Waals surface area (Å²) in [7, 11) is 0. The molecule has 2 aromatic carbocycles. The van der Waals surface area contributed by atoms with Gasteiger partial charge in [-0.2, -0.15) is 0 Å². The van der Waals surface area contributed by atoms with Gasteiger partial charge in [-0.25, -0.2) is 18.6 Å². The second kappa shape index (κ2) is 17.9. The van der Waals surface area contributed by atoms with E-state index in [0.29, 0.717) is 11.4 Å². The lowest BCUT2D eigenvalue weighted by molar-refractivity contribution is 0.0694. The summed E-state index contributed by atoms with van der Waals surface area (Å²) in [5.41, 5.74) is 0.244. The summed E-state index contributed by atoms with van der Waals surface area (Å²) in [6, 6.07) is 14.8. The number of halogens is 2. The molecule has 2 aromatic heterocycles. The van der Waals surface area contributed by atoms with Crippen LogP contribution in [0.15, 0.2) is 82.7 Å². The molecule has 0 radical (unpaired) electrons. The Bertz CT molecular complexity index is 1630. The maximum absolute atomic E-state index is 14.5. The van der Waals surface area contributed by atoms with Crippen molar-refractivity contribution >= 4 is 29.2 Å². The predicted octanol–water partition coefficient (Wildman–Crippen LogP) is 8.76. The zero-order chi connectivity index (χ0) is 32.7. The molecule has 0 bridgehead atoms. The van der Waals surface area contributed by atoms with Gasteiger partial charge in [-0.3, -0.25) is 9.36 Å². The summed E-state index contributed by atoms with van der Waals surface area (Å²) in [6.07, 6.45) is 13.4. The monoisotopic (exact) mass is 650 g/mol. The van der Waals surface area contributed by atoms with Crippen molar-refractivity contribution in [3.63, 3.8) is 0 Å². The van der Waals surface area contributed by atoms with Crippen LogP contribution >= 0.6 is 11.8 Å². The Hall–Kier alpha value is -4.38. The van der Waals surface area contributed by atoms with Crippen LogP contribution in [0.3, 0.4) is 0 Å². The summed E-state index contributed by atoms with van der Waals surface area (Å²) in [5.74, 6) is 0.572. The van der Waals surface area contributed by atoms with E-state index < -0.39 is 17.3 Å². The lowest BCUT2D eigenvalue weighted by atomic mass is 10.1. The number of nitrogens with zero attached hydrogens (tertiary/aromatic N) is 2. The van der Waals surface area contributed by atoms with Gasteiger partial charge in [0.25, 0.3) is 5.56 Å². The van der Waals surface area contributed by atoms with Gasteiger partial charge in [-0.15, -0.1) is 11.8 Å². The van der Waals surface area contributed by atoms with Crippen molar-refractivity contribution in [3.05, 3.63) is 101 Å². The molecular formula is C35H40F2N4O4S. The van der Waals surface area contributed by atoms with E-state index in [2.05, 4.69) is 22.5 Å². The van der Waals surface area contributed by atoms with Gasteiger partial charge in [0, 0.05) is 54.7 Å². The van der Waals surface area contributed by atoms with E-state index in [4.69, 9.17) is 9.84 Å². The Balaban J connectivity index is 0.000000240. The van der Waals surface area contributed by atoms with Gasteiger partial charge in [0.2, 0.25) is 0 Å². The molecule has 0 spiro atoms. The van der Waals surface area contributed by atoms with Gasteiger partial charge < -0.3 is 20.5 Å². The summed E-state index contributed by atoms with van der Waals surface area (Å²) in [5, 5.41) is 15.4. The van der Waals surface area contributed by atoms with Gasteiger partial charge in [-0.05, 0) is 55.0 Å². The minimum Gasteiger partial charge on any atom is -0.477 e. The molecule has 0 amide bonds. The van der Waals surface area contributed by atoms with E-state index in [9.17, 15) is 18.4 Å². The van der Waals surface area contributed by atoms with Crippen molar-refractivity contribution in [1.29, 1.82) is 0 Å². The molecule has 11 heteroatoms. The molecule has 4 aromatic rings. The number of aromatic nitrogens is 2. The van der Waals surface area contributed by atoms with Crippen molar-refractivity contribution in [1.82, 2.24) is 9.55 Å². The zero-order valence-electron chi connectivity index (χ0n) is 25.9. The highest BCUT2D eigenvalue weighted by Gasteiger charge is 2.17. The smallest absolute Gasteiger partial charge is 0.341 e. The highest BCUT2D eigenvalue weighted by molar-refractivity contribution is 7.99. The Morgan fingerprint density at radius 3 is 2.46 bits per heavy atom. The fourth-order valence-electron chi connectivity index (χ4n) is 4.86. The second-order valence-corrected chi connectivity index (χ2v) is 11.9. The molecule has 0 saturated carbocycles. The number of carboxylic acids is 1. The molecule has 1 aliphatic rings. The Labute approximate surface area is 272 Å². The number of rotatable bonds is 14. The Morgan fingerprint density at radius 1 is 1.00 bits per heavy atom. The quantitative estimate of drug-likeness (QED) is 0.116. The highest BCUT2D eigenvalue weighted by Crippen LogP contribution is 2.39. The molecule has 3 heterocycles. The first kappa shape index (κ1) is 34.5. The molecule has 3 N–H and O–H groups in total. The van der Waals surface area contributed by atoms with E-state index in [0.717, 1.165) is 46.2 Å². The van der Waals surface area contributed by atoms with Crippen LogP contribution in [0, 0.1) is 11.6 Å². The number of aromatic carboxylic acids is 1. The predicted molar refractivity (Wildman–Crippen MR) is 180 cm³/mol. The summed E-state index contributed by atoms with van der Waals surface area (Å²) >= 11 is 1.68. The van der Waals surface area contributed by atoms with Crippen LogP contribution in [-0.4, -0.2) is 39.5 Å². The third kappa shape index (κ3) is 10.1. The Kier molecular flexibility index (Phi) is 13.5. The van der Waals surface area contributed by atoms with Crippen molar-refractivity contribution in [2.45, 2.75) is 63.2 Å². The number of hydrogen-bond acceptors (Lipinski definition) is 7. The van der Waals surface area contributed by atoms with Crippen LogP contribution in [-0.2, 0) is 0 Å². The van der Waals surface area contributed by atoms with Gasteiger partial charge in [-0.1, -0.05) is 51.9 Å². The summed E-state index contributed by atoms with van der Waals surface area (Å²) in [4.78, 5) is 27.8. The third-order valence-electron chi connectivity index (χ3n) is 7.30. The average molecular weight is 651 g/mol. The minimum absolute atomic E-state index is 0.238. The molecule has 0 atom stereocenters. The largest absolute Gasteiger partial charge is 0.477 e. The number of fused-ring (bicyclic) bond motifs is 1. The summed E-state index contributed by atoms with van der Waals surface area (Å²) < 4.78 is 34.3. The molecule has 5 rings (SSSR count). The second-order valence-electron chi connectivity index (χ2n) is 10.8. The number of ether oxygens (including phenoxy) is 1. The number of anilines is 2. The van der Waals surface area contributed by atoms with Crippen LogP contribution in [0.25, 0.3) is 5.69 Å². The zero-order valence-corrected chi connectivity index (χ0v) is 26.8. The molecule has 0 unspecified atom stereocenters. The Morgan fingerprint density at radius 2 is 1.74 bits per heavy atom. The SMILES string of the molecule is CCCCCCCCCCNc1ccc(Oc2ccnc3c2SCCN3)c(F)c1.O=C(O)c1cccn(-c2ccc(F)cc2)c1=O. The van der Waals surface area contributed by atoms with E-state index >= 15 is 0 Å². The number of pyridine rings is 2.